The molecule has 4 rings (SSSR count). The highest BCUT2D eigenvalue weighted by Gasteiger charge is 2.30. The third kappa shape index (κ3) is 4.73. The zero-order valence-electron chi connectivity index (χ0n) is 15.9. The summed E-state index contributed by atoms with van der Waals surface area (Å²) in [4.78, 5) is 16.8. The Balaban J connectivity index is 1.27. The summed E-state index contributed by atoms with van der Waals surface area (Å²) in [5.41, 5.74) is 0. The molecule has 0 spiro atoms. The van der Waals surface area contributed by atoms with Crippen LogP contribution in [0.2, 0.25) is 0 Å². The van der Waals surface area contributed by atoms with Gasteiger partial charge in [0, 0.05) is 39.3 Å². The Hall–Kier alpha value is -1.69. The van der Waals surface area contributed by atoms with Crippen molar-refractivity contribution in [1.29, 1.82) is 0 Å². The van der Waals surface area contributed by atoms with Gasteiger partial charge in [-0.25, -0.2) is 8.42 Å². The third-order valence-electron chi connectivity index (χ3n) is 5.06. The second kappa shape index (κ2) is 8.99. The zero-order valence-corrected chi connectivity index (χ0v) is 18.4. The summed E-state index contributed by atoms with van der Waals surface area (Å²) in [5, 5.41) is 9.35. The number of rotatable bonds is 6. The first-order chi connectivity index (χ1) is 14.0. The van der Waals surface area contributed by atoms with Crippen LogP contribution >= 0.6 is 23.1 Å². The number of hydrogen-bond acceptors (Lipinski definition) is 8. The number of piperazine rings is 1. The lowest BCUT2D eigenvalue weighted by Gasteiger charge is -2.34. The monoisotopic (exact) mass is 453 g/mol. The maximum absolute atomic E-state index is 12.7. The number of carbonyl (C=O) groups is 1. The lowest BCUT2D eigenvalue weighted by Crippen LogP contribution is -2.50. The zero-order chi connectivity index (χ0) is 20.3. The van der Waals surface area contributed by atoms with Crippen molar-refractivity contribution < 1.29 is 13.2 Å². The molecule has 1 aromatic heterocycles. The van der Waals surface area contributed by atoms with Crippen molar-refractivity contribution in [3.63, 3.8) is 0 Å². The van der Waals surface area contributed by atoms with Crippen molar-refractivity contribution in [2.75, 3.05) is 49.9 Å². The number of nitrogens with zero attached hydrogens (tertiary/aromatic N) is 5. The van der Waals surface area contributed by atoms with E-state index in [-0.39, 0.29) is 5.91 Å². The van der Waals surface area contributed by atoms with Crippen LogP contribution in [0.1, 0.15) is 12.8 Å². The van der Waals surface area contributed by atoms with E-state index in [2.05, 4.69) is 15.1 Å². The summed E-state index contributed by atoms with van der Waals surface area (Å²) < 4.78 is 27.6. The summed E-state index contributed by atoms with van der Waals surface area (Å²) in [6.45, 7) is 3.47. The van der Waals surface area contributed by atoms with Crippen LogP contribution in [0.25, 0.3) is 0 Å². The molecular formula is C18H23N5O3S3. The van der Waals surface area contributed by atoms with Crippen molar-refractivity contribution in [2.24, 2.45) is 0 Å². The van der Waals surface area contributed by atoms with E-state index in [1.165, 1.54) is 40.2 Å². The molecule has 8 nitrogen and oxygen atoms in total. The van der Waals surface area contributed by atoms with Crippen LogP contribution in [0.15, 0.2) is 39.6 Å². The minimum Gasteiger partial charge on any atom is -0.347 e. The standard InChI is InChI=1S/C18H23N5O3S3/c24-16(14-27-18-20-19-17(28-18)22-8-4-5-9-22)21-10-12-23(13-11-21)29(25,26)15-6-2-1-3-7-15/h1-3,6-7H,4-5,8-14H2. The molecule has 3 heterocycles. The summed E-state index contributed by atoms with van der Waals surface area (Å²) in [6.07, 6.45) is 2.37. The SMILES string of the molecule is O=C(CSc1nnc(N2CCCC2)s1)N1CCN(S(=O)(=O)c2ccccc2)CC1. The Morgan fingerprint density at radius 3 is 2.38 bits per heavy atom. The van der Waals surface area contributed by atoms with Crippen molar-refractivity contribution >= 4 is 44.2 Å². The Bertz CT molecular complexity index is 937. The first-order valence-corrected chi connectivity index (χ1v) is 12.8. The molecule has 0 bridgehead atoms. The lowest BCUT2D eigenvalue weighted by molar-refractivity contribution is -0.129. The number of amides is 1. The number of hydrogen-bond donors (Lipinski definition) is 0. The fraction of sp³-hybridized carbons (Fsp3) is 0.500. The molecule has 2 aromatic rings. The Labute approximate surface area is 178 Å². The molecule has 0 atom stereocenters. The van der Waals surface area contributed by atoms with Gasteiger partial charge >= 0.3 is 0 Å². The van der Waals surface area contributed by atoms with Gasteiger partial charge in [0.1, 0.15) is 0 Å². The normalized spacial score (nSPS) is 18.3. The molecule has 2 saturated heterocycles. The molecule has 0 radical (unpaired) electrons. The number of carbonyl (C=O) groups excluding carboxylic acids is 1. The first-order valence-electron chi connectivity index (χ1n) is 9.58. The van der Waals surface area contributed by atoms with Gasteiger partial charge in [-0.15, -0.1) is 10.2 Å². The van der Waals surface area contributed by atoms with Gasteiger partial charge in [0.05, 0.1) is 10.6 Å². The van der Waals surface area contributed by atoms with Gasteiger partial charge in [-0.2, -0.15) is 4.31 Å². The molecular weight excluding hydrogens is 430 g/mol. The van der Waals surface area contributed by atoms with E-state index >= 15 is 0 Å². The van der Waals surface area contributed by atoms with Gasteiger partial charge in [0.2, 0.25) is 21.1 Å². The average Bonchev–Trinajstić information content (AvgIpc) is 3.44. The number of benzene rings is 1. The highest BCUT2D eigenvalue weighted by Crippen LogP contribution is 2.30. The average molecular weight is 454 g/mol. The molecule has 0 unspecified atom stereocenters. The van der Waals surface area contributed by atoms with E-state index in [4.69, 9.17) is 0 Å². The van der Waals surface area contributed by atoms with Crippen LogP contribution in [0.5, 0.6) is 0 Å². The van der Waals surface area contributed by atoms with Gasteiger partial charge in [-0.1, -0.05) is 41.3 Å². The number of anilines is 1. The van der Waals surface area contributed by atoms with Crippen molar-refractivity contribution in [2.45, 2.75) is 22.1 Å². The van der Waals surface area contributed by atoms with Crippen LogP contribution in [0.3, 0.4) is 0 Å². The Morgan fingerprint density at radius 1 is 1.00 bits per heavy atom. The van der Waals surface area contributed by atoms with E-state index in [1.54, 1.807) is 35.2 Å². The van der Waals surface area contributed by atoms with Gasteiger partial charge < -0.3 is 9.80 Å². The predicted octanol–water partition coefficient (Wildman–Crippen LogP) is 1.76. The van der Waals surface area contributed by atoms with Gasteiger partial charge in [-0.3, -0.25) is 4.79 Å². The Kier molecular flexibility index (Phi) is 6.38. The summed E-state index contributed by atoms with van der Waals surface area (Å²) in [5.74, 6) is 0.296. The van der Waals surface area contributed by atoms with Crippen molar-refractivity contribution in [3.8, 4) is 0 Å². The van der Waals surface area contributed by atoms with Crippen LogP contribution in [-0.4, -0.2) is 78.7 Å². The maximum atomic E-state index is 12.7. The minimum atomic E-state index is -3.50. The molecule has 0 saturated carbocycles. The highest BCUT2D eigenvalue weighted by atomic mass is 32.2. The van der Waals surface area contributed by atoms with Crippen LogP contribution in [0, 0.1) is 0 Å². The predicted molar refractivity (Wildman–Crippen MR) is 114 cm³/mol. The van der Waals surface area contributed by atoms with E-state index < -0.39 is 10.0 Å². The molecule has 2 aliphatic heterocycles. The number of sulfonamides is 1. The van der Waals surface area contributed by atoms with Gasteiger partial charge in [0.25, 0.3) is 0 Å². The first kappa shape index (κ1) is 20.6. The summed E-state index contributed by atoms with van der Waals surface area (Å²) in [6, 6.07) is 8.42. The van der Waals surface area contributed by atoms with Crippen LogP contribution in [-0.2, 0) is 14.8 Å². The molecule has 0 N–H and O–H groups in total. The molecule has 2 aliphatic rings. The molecule has 156 valence electrons. The third-order valence-corrected chi connectivity index (χ3v) is 9.08. The topological polar surface area (TPSA) is 86.7 Å². The molecule has 11 heteroatoms. The maximum Gasteiger partial charge on any atom is 0.243 e. The number of aromatic nitrogens is 2. The smallest absolute Gasteiger partial charge is 0.243 e. The second-order valence-corrected chi connectivity index (χ2v) is 11.0. The van der Waals surface area contributed by atoms with E-state index in [0.717, 1.165) is 22.6 Å². The molecule has 1 aromatic carbocycles. The molecule has 2 fully saturated rings. The quantitative estimate of drug-likeness (QED) is 0.616. The number of thioether (sulfide) groups is 1. The van der Waals surface area contributed by atoms with Crippen LogP contribution in [0.4, 0.5) is 5.13 Å². The van der Waals surface area contributed by atoms with E-state index in [9.17, 15) is 13.2 Å². The molecule has 0 aliphatic carbocycles. The van der Waals surface area contributed by atoms with E-state index in [0.29, 0.717) is 36.8 Å². The minimum absolute atomic E-state index is 0.00433. The van der Waals surface area contributed by atoms with E-state index in [1.807, 2.05) is 0 Å². The largest absolute Gasteiger partial charge is 0.347 e. The highest BCUT2D eigenvalue weighted by molar-refractivity contribution is 8.01. The fourth-order valence-corrected chi connectivity index (χ4v) is 6.67. The van der Waals surface area contributed by atoms with Crippen molar-refractivity contribution in [3.05, 3.63) is 30.3 Å². The summed E-state index contributed by atoms with van der Waals surface area (Å²) in [7, 11) is -3.50. The summed E-state index contributed by atoms with van der Waals surface area (Å²) >= 11 is 2.93. The molecule has 29 heavy (non-hydrogen) atoms. The lowest BCUT2D eigenvalue weighted by atomic mass is 10.3. The second-order valence-electron chi connectivity index (χ2n) is 6.93. The van der Waals surface area contributed by atoms with Gasteiger partial charge in [-0.05, 0) is 25.0 Å². The van der Waals surface area contributed by atoms with Gasteiger partial charge in [0.15, 0.2) is 4.34 Å². The van der Waals surface area contributed by atoms with Crippen molar-refractivity contribution in [1.82, 2.24) is 19.4 Å². The Morgan fingerprint density at radius 2 is 1.69 bits per heavy atom. The van der Waals surface area contributed by atoms with Crippen LogP contribution < -0.4 is 4.90 Å². The fourth-order valence-electron chi connectivity index (χ4n) is 3.43. The molecule has 1 amide bonds.